The summed E-state index contributed by atoms with van der Waals surface area (Å²) in [6.07, 6.45) is 12.8. The summed E-state index contributed by atoms with van der Waals surface area (Å²) in [7, 11) is 0. The first-order chi connectivity index (χ1) is 19.1. The van der Waals surface area contributed by atoms with Crippen LogP contribution in [0.1, 0.15) is 138 Å². The van der Waals surface area contributed by atoms with E-state index in [0.717, 1.165) is 11.0 Å². The Balaban J connectivity index is 1.80. The van der Waals surface area contributed by atoms with E-state index in [4.69, 9.17) is 8.75 Å². The maximum absolute atomic E-state index is 4.95. The van der Waals surface area contributed by atoms with Crippen molar-refractivity contribution >= 4 is 45.4 Å². The Labute approximate surface area is 256 Å². The molecule has 0 amide bonds. The molecule has 1 aromatic carbocycles. The molecule has 0 unspecified atom stereocenters. The molecule has 4 aromatic rings. The first-order valence-electron chi connectivity index (χ1n) is 15.6. The molecular formula is C35H50N2S3. The largest absolute Gasteiger partial charge is 0.172 e. The van der Waals surface area contributed by atoms with Gasteiger partial charge < -0.3 is 0 Å². The Bertz CT molecular complexity index is 1410. The van der Waals surface area contributed by atoms with Crippen molar-refractivity contribution in [1.82, 2.24) is 8.75 Å². The van der Waals surface area contributed by atoms with Gasteiger partial charge in [0.1, 0.15) is 11.0 Å². The molecule has 3 aromatic heterocycles. The summed E-state index contributed by atoms with van der Waals surface area (Å²) in [5.41, 5.74) is 10.7. The number of hydrogen-bond acceptors (Lipinski definition) is 5. The molecule has 0 bridgehead atoms. The molecule has 2 nitrogen and oxygen atoms in total. The van der Waals surface area contributed by atoms with Crippen LogP contribution in [0, 0.1) is 13.8 Å². The third-order valence-electron chi connectivity index (χ3n) is 8.22. The van der Waals surface area contributed by atoms with Crippen molar-refractivity contribution in [2.75, 3.05) is 0 Å². The second kappa shape index (κ2) is 13.6. The average Bonchev–Trinajstić information content (AvgIpc) is 3.64. The molecule has 218 valence electrons. The highest BCUT2D eigenvalue weighted by Gasteiger charge is 2.27. The minimum atomic E-state index is 0.142. The predicted molar refractivity (Wildman–Crippen MR) is 182 cm³/mol. The molecule has 5 heteroatoms. The highest BCUT2D eigenvalue weighted by atomic mass is 32.1. The molecule has 0 atom stereocenters. The van der Waals surface area contributed by atoms with E-state index in [1.807, 2.05) is 22.7 Å². The van der Waals surface area contributed by atoms with Crippen LogP contribution in [0.3, 0.4) is 0 Å². The van der Waals surface area contributed by atoms with Gasteiger partial charge in [-0.15, -0.1) is 22.7 Å². The zero-order valence-corrected chi connectivity index (χ0v) is 28.9. The zero-order valence-electron chi connectivity index (χ0n) is 26.4. The van der Waals surface area contributed by atoms with E-state index >= 15 is 0 Å². The highest BCUT2D eigenvalue weighted by Crippen LogP contribution is 2.47. The summed E-state index contributed by atoms with van der Waals surface area (Å²) in [5.74, 6) is 0.544. The van der Waals surface area contributed by atoms with Crippen molar-refractivity contribution in [2.24, 2.45) is 0 Å². The van der Waals surface area contributed by atoms with Crippen LogP contribution in [0.15, 0.2) is 12.1 Å². The van der Waals surface area contributed by atoms with Crippen LogP contribution in [0.25, 0.3) is 31.9 Å². The molecule has 0 radical (unpaired) electrons. The second-order valence-corrected chi connectivity index (χ2v) is 15.6. The quantitative estimate of drug-likeness (QED) is 0.144. The van der Waals surface area contributed by atoms with Crippen LogP contribution < -0.4 is 0 Å². The van der Waals surface area contributed by atoms with Crippen molar-refractivity contribution in [3.05, 3.63) is 44.1 Å². The number of fused-ring (bicyclic) bond motifs is 1. The molecule has 0 aliphatic heterocycles. The zero-order chi connectivity index (χ0) is 29.0. The van der Waals surface area contributed by atoms with Gasteiger partial charge in [0.2, 0.25) is 0 Å². The molecule has 0 N–H and O–H groups in total. The maximum Gasteiger partial charge on any atom is 0.114 e. The van der Waals surface area contributed by atoms with Gasteiger partial charge in [0.15, 0.2) is 0 Å². The lowest BCUT2D eigenvalue weighted by Crippen LogP contribution is -2.11. The van der Waals surface area contributed by atoms with Crippen LogP contribution in [-0.4, -0.2) is 8.75 Å². The van der Waals surface area contributed by atoms with Crippen LogP contribution in [0.5, 0.6) is 0 Å². The lowest BCUT2D eigenvalue weighted by molar-refractivity contribution is 0.590. The lowest BCUT2D eigenvalue weighted by Gasteiger charge is -2.19. The molecule has 0 aliphatic carbocycles. The predicted octanol–water partition coefficient (Wildman–Crippen LogP) is 12.4. The van der Waals surface area contributed by atoms with Crippen molar-refractivity contribution < 1.29 is 0 Å². The maximum atomic E-state index is 4.95. The Morgan fingerprint density at radius 2 is 1.20 bits per heavy atom. The molecular weight excluding hydrogens is 545 g/mol. The van der Waals surface area contributed by atoms with E-state index < -0.39 is 0 Å². The van der Waals surface area contributed by atoms with Crippen LogP contribution in [0.2, 0.25) is 0 Å². The number of unbranched alkanes of at least 4 members (excludes halogenated alkanes) is 6. The Kier molecular flexibility index (Phi) is 10.7. The van der Waals surface area contributed by atoms with Gasteiger partial charge in [0.25, 0.3) is 0 Å². The van der Waals surface area contributed by atoms with Gasteiger partial charge in [-0.3, -0.25) is 0 Å². The Hall–Kier alpha value is -1.56. The van der Waals surface area contributed by atoms with E-state index in [0.29, 0.717) is 5.92 Å². The van der Waals surface area contributed by atoms with Crippen LogP contribution >= 0.6 is 34.4 Å². The van der Waals surface area contributed by atoms with E-state index in [1.54, 1.807) is 10.4 Å². The van der Waals surface area contributed by atoms with Gasteiger partial charge in [0, 0.05) is 30.6 Å². The fraction of sp³-hybridized carbons (Fsp3) is 0.600. The van der Waals surface area contributed by atoms with Gasteiger partial charge in [-0.25, -0.2) is 0 Å². The van der Waals surface area contributed by atoms with Crippen molar-refractivity contribution in [2.45, 2.75) is 138 Å². The molecule has 0 fully saturated rings. The van der Waals surface area contributed by atoms with Gasteiger partial charge in [-0.1, -0.05) is 87.0 Å². The number of hydrogen-bond donors (Lipinski definition) is 0. The minimum absolute atomic E-state index is 0.142. The van der Waals surface area contributed by atoms with Gasteiger partial charge in [-0.2, -0.15) is 8.75 Å². The molecule has 0 saturated heterocycles. The smallest absolute Gasteiger partial charge is 0.114 e. The monoisotopic (exact) mass is 594 g/mol. The van der Waals surface area contributed by atoms with Crippen LogP contribution in [-0.2, 0) is 18.3 Å². The minimum Gasteiger partial charge on any atom is -0.172 e. The van der Waals surface area contributed by atoms with Crippen molar-refractivity contribution in [1.29, 1.82) is 0 Å². The molecule has 0 aliphatic rings. The fourth-order valence-corrected chi connectivity index (χ4v) is 9.21. The fourth-order valence-electron chi connectivity index (χ4n) is 5.96. The molecule has 0 spiro atoms. The molecule has 3 heterocycles. The molecule has 4 rings (SSSR count). The summed E-state index contributed by atoms with van der Waals surface area (Å²) < 4.78 is 9.89. The van der Waals surface area contributed by atoms with E-state index in [-0.39, 0.29) is 5.41 Å². The highest BCUT2D eigenvalue weighted by molar-refractivity contribution is 7.16. The van der Waals surface area contributed by atoms with E-state index in [2.05, 4.69) is 74.4 Å². The van der Waals surface area contributed by atoms with Gasteiger partial charge in [-0.05, 0) is 85.3 Å². The molecule has 40 heavy (non-hydrogen) atoms. The van der Waals surface area contributed by atoms with Gasteiger partial charge in [0.05, 0.1) is 11.7 Å². The third kappa shape index (κ3) is 6.73. The number of aryl methyl sites for hydroxylation is 2. The summed E-state index contributed by atoms with van der Waals surface area (Å²) in [5, 5.41) is 0. The SMILES string of the molecule is CCCCCCc1cc(-c2c(C)c(C)c(-c3cc(CCCCCC)c(C(C)(C)C)s3)c3nsnc23)sc1C(C)C. The standard InChI is InChI=1S/C35H50N2S3/c1-10-12-14-16-18-25-20-27(38-33(25)22(3)4)29-23(5)24(6)30(32-31(29)36-40-37-32)28-21-26(19-17-15-13-11-2)34(39-28)35(7,8)9/h20-22H,10-19H2,1-9H3. The summed E-state index contributed by atoms with van der Waals surface area (Å²) >= 11 is 5.35. The van der Waals surface area contributed by atoms with Crippen molar-refractivity contribution in [3.63, 3.8) is 0 Å². The lowest BCUT2D eigenvalue weighted by atomic mass is 9.89. The van der Waals surface area contributed by atoms with Crippen molar-refractivity contribution in [3.8, 4) is 20.9 Å². The number of nitrogens with zero attached hydrogens (tertiary/aromatic N) is 2. The average molecular weight is 595 g/mol. The Morgan fingerprint density at radius 1 is 0.700 bits per heavy atom. The van der Waals surface area contributed by atoms with Gasteiger partial charge >= 0.3 is 0 Å². The van der Waals surface area contributed by atoms with Crippen LogP contribution in [0.4, 0.5) is 0 Å². The normalized spacial score (nSPS) is 12.3. The number of aromatic nitrogens is 2. The number of rotatable bonds is 13. The second-order valence-electron chi connectivity index (χ2n) is 13.0. The third-order valence-corrected chi connectivity index (χ3v) is 11.9. The summed E-state index contributed by atoms with van der Waals surface area (Å²) in [6, 6.07) is 4.98. The topological polar surface area (TPSA) is 25.8 Å². The summed E-state index contributed by atoms with van der Waals surface area (Å²) in [6.45, 7) is 21.0. The molecule has 0 saturated carbocycles. The summed E-state index contributed by atoms with van der Waals surface area (Å²) in [4.78, 5) is 5.82. The van der Waals surface area contributed by atoms with E-state index in [1.165, 1.54) is 118 Å². The van der Waals surface area contributed by atoms with E-state index in [9.17, 15) is 0 Å². The Morgan fingerprint density at radius 3 is 1.70 bits per heavy atom. The number of benzene rings is 1. The number of thiophene rings is 2. The first kappa shape index (κ1) is 31.4. The first-order valence-corrected chi connectivity index (χ1v) is 18.0.